The summed E-state index contributed by atoms with van der Waals surface area (Å²) < 4.78 is 16.0. The van der Waals surface area contributed by atoms with E-state index in [9.17, 15) is 14.3 Å². The fourth-order valence-corrected chi connectivity index (χ4v) is 3.50. The Labute approximate surface area is 146 Å². The van der Waals surface area contributed by atoms with Crippen molar-refractivity contribution < 1.29 is 14.3 Å². The van der Waals surface area contributed by atoms with Crippen molar-refractivity contribution in [1.29, 1.82) is 0 Å². The Kier molecular flexibility index (Phi) is 5.18. The minimum absolute atomic E-state index is 0.199. The van der Waals surface area contributed by atoms with Crippen LogP contribution in [-0.2, 0) is 0 Å². The van der Waals surface area contributed by atoms with Gasteiger partial charge in [0.25, 0.3) is 5.91 Å². The number of hydrogen-bond donors (Lipinski definition) is 2. The van der Waals surface area contributed by atoms with Crippen LogP contribution in [0, 0.1) is 25.6 Å². The quantitative estimate of drug-likeness (QED) is 0.876. The highest BCUT2D eigenvalue weighted by molar-refractivity contribution is 5.94. The molecule has 1 atom stereocenters. The van der Waals surface area contributed by atoms with E-state index in [0.717, 1.165) is 37.1 Å². The zero-order valence-corrected chi connectivity index (χ0v) is 14.6. The minimum atomic E-state index is -0.537. The monoisotopic (exact) mass is 345 g/mol. The van der Waals surface area contributed by atoms with Crippen LogP contribution in [0.4, 0.5) is 4.39 Å². The van der Waals surface area contributed by atoms with Crippen molar-refractivity contribution in [3.8, 4) is 5.69 Å². The van der Waals surface area contributed by atoms with E-state index in [-0.39, 0.29) is 23.9 Å². The molecule has 25 heavy (non-hydrogen) atoms. The number of rotatable bonds is 5. The molecule has 0 bridgehead atoms. The molecule has 0 spiro atoms. The number of aromatic nitrogens is 2. The van der Waals surface area contributed by atoms with Crippen molar-refractivity contribution in [3.63, 3.8) is 0 Å². The number of aliphatic hydroxyl groups excluding tert-OH is 1. The molecule has 1 aromatic carbocycles. The highest BCUT2D eigenvalue weighted by Gasteiger charge is 2.23. The number of nitrogens with one attached hydrogen (secondary N) is 1. The molecule has 1 aromatic heterocycles. The predicted octanol–water partition coefficient (Wildman–Crippen LogP) is 2.91. The van der Waals surface area contributed by atoms with Crippen LogP contribution in [0.3, 0.4) is 0 Å². The molecule has 0 radical (unpaired) electrons. The summed E-state index contributed by atoms with van der Waals surface area (Å²) in [5.74, 6) is -0.628. The fourth-order valence-electron chi connectivity index (χ4n) is 3.50. The Morgan fingerprint density at radius 1 is 1.36 bits per heavy atom. The topological polar surface area (TPSA) is 67.2 Å². The van der Waals surface area contributed by atoms with Crippen molar-refractivity contribution >= 4 is 5.91 Å². The molecule has 1 amide bonds. The molecule has 5 nitrogen and oxygen atoms in total. The summed E-state index contributed by atoms with van der Waals surface area (Å²) in [7, 11) is 0. The first-order valence-corrected chi connectivity index (χ1v) is 8.75. The van der Waals surface area contributed by atoms with Crippen LogP contribution in [0.15, 0.2) is 24.3 Å². The molecule has 1 aliphatic rings. The number of carbonyl (C=O) groups excluding carboxylic acids is 1. The number of carbonyl (C=O) groups is 1. The van der Waals surface area contributed by atoms with Gasteiger partial charge >= 0.3 is 0 Å². The van der Waals surface area contributed by atoms with Gasteiger partial charge in [-0.15, -0.1) is 0 Å². The van der Waals surface area contributed by atoms with Crippen molar-refractivity contribution in [2.75, 3.05) is 6.54 Å². The first-order chi connectivity index (χ1) is 12.0. The van der Waals surface area contributed by atoms with Gasteiger partial charge in [0.15, 0.2) is 0 Å². The summed E-state index contributed by atoms with van der Waals surface area (Å²) in [6.45, 7) is 3.90. The van der Waals surface area contributed by atoms with Crippen LogP contribution in [-0.4, -0.2) is 33.4 Å². The predicted molar refractivity (Wildman–Crippen MR) is 93.3 cm³/mol. The average molecular weight is 345 g/mol. The number of benzene rings is 1. The summed E-state index contributed by atoms with van der Waals surface area (Å²) in [6.07, 6.45) is 3.74. The van der Waals surface area contributed by atoms with Crippen molar-refractivity contribution in [3.05, 3.63) is 47.0 Å². The number of nitrogens with zero attached hydrogens (tertiary/aromatic N) is 2. The van der Waals surface area contributed by atoms with E-state index in [2.05, 4.69) is 10.4 Å². The van der Waals surface area contributed by atoms with Crippen molar-refractivity contribution in [1.82, 2.24) is 15.1 Å². The Balaban J connectivity index is 1.67. The molecule has 3 rings (SSSR count). The van der Waals surface area contributed by atoms with Crippen LogP contribution in [0.1, 0.15) is 47.4 Å². The van der Waals surface area contributed by atoms with Crippen LogP contribution < -0.4 is 5.32 Å². The molecule has 1 aliphatic carbocycles. The van der Waals surface area contributed by atoms with Gasteiger partial charge in [0.2, 0.25) is 0 Å². The molecule has 1 unspecified atom stereocenters. The second-order valence-corrected chi connectivity index (χ2v) is 6.83. The highest BCUT2D eigenvalue weighted by atomic mass is 19.1. The first-order valence-electron chi connectivity index (χ1n) is 8.75. The Bertz CT molecular complexity index is 766. The summed E-state index contributed by atoms with van der Waals surface area (Å²) in [4.78, 5) is 12.2. The molecule has 1 fully saturated rings. The number of amides is 1. The second kappa shape index (κ2) is 7.35. The smallest absolute Gasteiger partial charge is 0.251 e. The maximum absolute atomic E-state index is 14.4. The van der Waals surface area contributed by atoms with Gasteiger partial charge in [-0.2, -0.15) is 5.10 Å². The van der Waals surface area contributed by atoms with Gasteiger partial charge in [0.1, 0.15) is 11.5 Å². The largest absolute Gasteiger partial charge is 0.391 e. The van der Waals surface area contributed by atoms with E-state index in [4.69, 9.17) is 0 Å². The van der Waals surface area contributed by atoms with Gasteiger partial charge in [-0.1, -0.05) is 12.8 Å². The lowest BCUT2D eigenvalue weighted by Gasteiger charge is -2.18. The molecule has 2 N–H and O–H groups in total. The Hall–Kier alpha value is -2.21. The van der Waals surface area contributed by atoms with E-state index in [0.29, 0.717) is 5.69 Å². The van der Waals surface area contributed by atoms with Gasteiger partial charge in [0.05, 0.1) is 11.8 Å². The Morgan fingerprint density at radius 2 is 2.08 bits per heavy atom. The Morgan fingerprint density at radius 3 is 2.68 bits per heavy atom. The summed E-state index contributed by atoms with van der Waals surface area (Å²) in [5.41, 5.74) is 2.18. The van der Waals surface area contributed by atoms with E-state index < -0.39 is 11.9 Å². The molecule has 1 heterocycles. The van der Waals surface area contributed by atoms with E-state index in [1.165, 1.54) is 10.7 Å². The fraction of sp³-hybridized carbons (Fsp3) is 0.474. The lowest BCUT2D eigenvalue weighted by atomic mass is 10.0. The highest BCUT2D eigenvalue weighted by Crippen LogP contribution is 2.27. The van der Waals surface area contributed by atoms with Gasteiger partial charge in [-0.25, -0.2) is 9.07 Å². The standard InChI is InChI=1S/C19H24FN3O2/c1-12-9-13(2)23(22-12)17-8-7-15(10-16(17)20)19(25)21-11-18(24)14-5-3-4-6-14/h7-10,14,18,24H,3-6,11H2,1-2H3,(H,21,25). The number of halogens is 1. The zero-order valence-electron chi connectivity index (χ0n) is 14.6. The normalized spacial score (nSPS) is 16.2. The molecule has 0 saturated heterocycles. The van der Waals surface area contributed by atoms with Crippen molar-refractivity contribution in [2.24, 2.45) is 5.92 Å². The molecular weight excluding hydrogens is 321 g/mol. The molecule has 134 valence electrons. The first kappa shape index (κ1) is 17.6. The van der Waals surface area contributed by atoms with Gasteiger partial charge in [0, 0.05) is 17.8 Å². The minimum Gasteiger partial charge on any atom is -0.391 e. The van der Waals surface area contributed by atoms with Gasteiger partial charge < -0.3 is 10.4 Å². The van der Waals surface area contributed by atoms with Gasteiger partial charge in [-0.05, 0) is 56.9 Å². The molecule has 1 saturated carbocycles. The van der Waals surface area contributed by atoms with Crippen LogP contribution in [0.5, 0.6) is 0 Å². The van der Waals surface area contributed by atoms with Crippen LogP contribution >= 0.6 is 0 Å². The molecule has 2 aromatic rings. The molecular formula is C19H24FN3O2. The number of aliphatic hydroxyl groups is 1. The maximum Gasteiger partial charge on any atom is 0.251 e. The summed E-state index contributed by atoms with van der Waals surface area (Å²) in [5, 5.41) is 17.1. The molecule has 6 heteroatoms. The maximum atomic E-state index is 14.4. The van der Waals surface area contributed by atoms with E-state index >= 15 is 0 Å². The summed E-state index contributed by atoms with van der Waals surface area (Å²) in [6, 6.07) is 6.21. The third-order valence-corrected chi connectivity index (χ3v) is 4.86. The second-order valence-electron chi connectivity index (χ2n) is 6.83. The number of aryl methyl sites for hydroxylation is 2. The molecule has 0 aliphatic heterocycles. The van der Waals surface area contributed by atoms with Crippen LogP contribution in [0.2, 0.25) is 0 Å². The average Bonchev–Trinajstić information content (AvgIpc) is 3.22. The third kappa shape index (κ3) is 3.90. The van der Waals surface area contributed by atoms with E-state index in [1.54, 1.807) is 12.1 Å². The van der Waals surface area contributed by atoms with Crippen LogP contribution in [0.25, 0.3) is 5.69 Å². The third-order valence-electron chi connectivity index (χ3n) is 4.86. The number of hydrogen-bond acceptors (Lipinski definition) is 3. The van der Waals surface area contributed by atoms with Gasteiger partial charge in [-0.3, -0.25) is 4.79 Å². The van der Waals surface area contributed by atoms with E-state index in [1.807, 2.05) is 19.9 Å². The summed E-state index contributed by atoms with van der Waals surface area (Å²) >= 11 is 0. The SMILES string of the molecule is Cc1cc(C)n(-c2ccc(C(=O)NCC(O)C3CCCC3)cc2F)n1. The zero-order chi connectivity index (χ0) is 18.0. The lowest BCUT2D eigenvalue weighted by molar-refractivity contribution is 0.0840. The van der Waals surface area contributed by atoms with Crippen molar-refractivity contribution in [2.45, 2.75) is 45.6 Å². The lowest BCUT2D eigenvalue weighted by Crippen LogP contribution is -2.35.